The molecule has 0 saturated carbocycles. The number of amides is 1. The molecule has 156 valence electrons. The number of fused-ring (bicyclic) bond motifs is 3. The van der Waals surface area contributed by atoms with Crippen LogP contribution >= 0.6 is 0 Å². The zero-order valence-electron chi connectivity index (χ0n) is 16.9. The fourth-order valence-corrected chi connectivity index (χ4v) is 3.71. The van der Waals surface area contributed by atoms with E-state index in [2.05, 4.69) is 10.3 Å². The minimum Gasteiger partial charge on any atom is -0.322 e. The van der Waals surface area contributed by atoms with Crippen LogP contribution in [0.2, 0.25) is 0 Å². The van der Waals surface area contributed by atoms with Crippen molar-refractivity contribution in [1.82, 2.24) is 14.0 Å². The van der Waals surface area contributed by atoms with Gasteiger partial charge in [-0.1, -0.05) is 30.3 Å². The van der Waals surface area contributed by atoms with E-state index in [1.165, 1.54) is 4.57 Å². The molecule has 3 aromatic carbocycles. The molecule has 2 heterocycles. The molecule has 0 spiro atoms. The van der Waals surface area contributed by atoms with Crippen molar-refractivity contribution < 1.29 is 9.59 Å². The number of para-hydroxylation sites is 1. The van der Waals surface area contributed by atoms with Crippen molar-refractivity contribution in [2.75, 3.05) is 5.32 Å². The molecule has 7 heteroatoms. The lowest BCUT2D eigenvalue weighted by Gasteiger charge is -2.11. The molecular formula is C25H18N4O3. The number of imidazole rings is 1. The van der Waals surface area contributed by atoms with Gasteiger partial charge in [0.15, 0.2) is 5.78 Å². The Morgan fingerprint density at radius 3 is 2.34 bits per heavy atom. The standard InChI is InChI=1S/C25H18N4O3/c30-22(17-10-12-19(13-11-17)27-24(31)18-6-2-1-3-7-18)15-28-23-14-26-16-29(23)21-9-5-4-8-20(21)25(28)32/h1-14,16H,15H2,(H,27,31). The highest BCUT2D eigenvalue weighted by molar-refractivity contribution is 6.04. The second-order valence-electron chi connectivity index (χ2n) is 7.35. The Balaban J connectivity index is 1.40. The van der Waals surface area contributed by atoms with Gasteiger partial charge in [0.2, 0.25) is 0 Å². The van der Waals surface area contributed by atoms with Crippen LogP contribution in [0.3, 0.4) is 0 Å². The van der Waals surface area contributed by atoms with Crippen LogP contribution in [0, 0.1) is 0 Å². The van der Waals surface area contributed by atoms with E-state index in [1.54, 1.807) is 77.6 Å². The van der Waals surface area contributed by atoms with Crippen molar-refractivity contribution in [2.45, 2.75) is 6.54 Å². The van der Waals surface area contributed by atoms with Crippen molar-refractivity contribution in [3.05, 3.63) is 113 Å². The largest absolute Gasteiger partial charge is 0.322 e. The highest BCUT2D eigenvalue weighted by atomic mass is 16.2. The van der Waals surface area contributed by atoms with Gasteiger partial charge in [0.1, 0.15) is 12.0 Å². The monoisotopic (exact) mass is 422 g/mol. The summed E-state index contributed by atoms with van der Waals surface area (Å²) in [5.74, 6) is -0.443. The molecule has 1 amide bonds. The van der Waals surface area contributed by atoms with Crippen LogP contribution in [0.1, 0.15) is 20.7 Å². The van der Waals surface area contributed by atoms with E-state index in [-0.39, 0.29) is 23.8 Å². The van der Waals surface area contributed by atoms with Gasteiger partial charge in [-0.05, 0) is 48.5 Å². The van der Waals surface area contributed by atoms with E-state index in [0.29, 0.717) is 27.8 Å². The Bertz CT molecular complexity index is 1520. The number of carbonyl (C=O) groups is 2. The predicted molar refractivity (Wildman–Crippen MR) is 122 cm³/mol. The summed E-state index contributed by atoms with van der Waals surface area (Å²) >= 11 is 0. The average Bonchev–Trinajstić information content (AvgIpc) is 3.33. The first-order chi connectivity index (χ1) is 15.6. The van der Waals surface area contributed by atoms with Gasteiger partial charge in [-0.25, -0.2) is 4.98 Å². The number of carbonyl (C=O) groups excluding carboxylic acids is 2. The van der Waals surface area contributed by atoms with E-state index < -0.39 is 0 Å². The summed E-state index contributed by atoms with van der Waals surface area (Å²) in [6.45, 7) is -0.116. The van der Waals surface area contributed by atoms with Crippen LogP contribution in [0.25, 0.3) is 16.6 Å². The van der Waals surface area contributed by atoms with E-state index in [4.69, 9.17) is 0 Å². The smallest absolute Gasteiger partial charge is 0.262 e. The third kappa shape index (κ3) is 3.45. The van der Waals surface area contributed by atoms with Crippen molar-refractivity contribution in [3.63, 3.8) is 0 Å². The predicted octanol–water partition coefficient (Wildman–Crippen LogP) is 3.78. The summed E-state index contributed by atoms with van der Waals surface area (Å²) < 4.78 is 3.23. The molecule has 32 heavy (non-hydrogen) atoms. The molecule has 0 aliphatic carbocycles. The fourth-order valence-electron chi connectivity index (χ4n) is 3.71. The van der Waals surface area contributed by atoms with Crippen LogP contribution in [0.15, 0.2) is 96.2 Å². The van der Waals surface area contributed by atoms with Crippen molar-refractivity contribution in [3.8, 4) is 0 Å². The first kappa shape index (κ1) is 19.4. The minimum absolute atomic E-state index is 0.116. The number of rotatable bonds is 5. The molecule has 0 aliphatic rings. The van der Waals surface area contributed by atoms with Crippen LogP contribution in [-0.2, 0) is 6.54 Å². The molecule has 1 N–H and O–H groups in total. The minimum atomic E-state index is -0.242. The van der Waals surface area contributed by atoms with Crippen molar-refractivity contribution >= 4 is 33.9 Å². The summed E-state index contributed by atoms with van der Waals surface area (Å²) in [4.78, 5) is 42.4. The summed E-state index contributed by atoms with van der Waals surface area (Å²) in [7, 11) is 0. The molecule has 5 aromatic rings. The SMILES string of the molecule is O=C(Cn1c(=O)c2ccccc2n2cncc12)c1ccc(NC(=O)c2ccccc2)cc1. The molecule has 0 unspecified atom stereocenters. The number of anilines is 1. The van der Waals surface area contributed by atoms with E-state index in [9.17, 15) is 14.4 Å². The Morgan fingerprint density at radius 2 is 1.56 bits per heavy atom. The fraction of sp³-hybridized carbons (Fsp3) is 0.0400. The number of aromatic nitrogens is 3. The second kappa shape index (κ2) is 7.96. The normalized spacial score (nSPS) is 11.0. The zero-order chi connectivity index (χ0) is 22.1. The molecule has 5 rings (SSSR count). The number of nitrogens with zero attached hydrogens (tertiary/aromatic N) is 3. The Kier molecular flexibility index (Phi) is 4.84. The summed E-state index contributed by atoms with van der Waals surface area (Å²) in [6.07, 6.45) is 3.20. The molecule has 7 nitrogen and oxygen atoms in total. The Hall–Kier alpha value is -4.52. The summed E-state index contributed by atoms with van der Waals surface area (Å²) in [5.41, 5.74) is 2.62. The second-order valence-corrected chi connectivity index (χ2v) is 7.35. The molecule has 0 aliphatic heterocycles. The average molecular weight is 422 g/mol. The lowest BCUT2D eigenvalue weighted by Crippen LogP contribution is -2.26. The van der Waals surface area contributed by atoms with Gasteiger partial charge in [0.05, 0.1) is 23.6 Å². The number of nitrogens with one attached hydrogen (secondary N) is 1. The zero-order valence-corrected chi connectivity index (χ0v) is 16.9. The maximum Gasteiger partial charge on any atom is 0.262 e. The molecule has 0 atom stereocenters. The quantitative estimate of drug-likeness (QED) is 0.437. The number of benzene rings is 3. The third-order valence-electron chi connectivity index (χ3n) is 5.34. The molecule has 0 radical (unpaired) electrons. The van der Waals surface area contributed by atoms with Gasteiger partial charge >= 0.3 is 0 Å². The van der Waals surface area contributed by atoms with Crippen LogP contribution in [0.5, 0.6) is 0 Å². The van der Waals surface area contributed by atoms with Crippen molar-refractivity contribution in [1.29, 1.82) is 0 Å². The number of Topliss-reactive ketones (excluding diaryl/α,β-unsaturated/α-hetero) is 1. The molecule has 0 fully saturated rings. The lowest BCUT2D eigenvalue weighted by molar-refractivity contribution is 0.0971. The third-order valence-corrected chi connectivity index (χ3v) is 5.34. The van der Waals surface area contributed by atoms with Gasteiger partial charge < -0.3 is 5.32 Å². The highest BCUT2D eigenvalue weighted by Crippen LogP contribution is 2.15. The van der Waals surface area contributed by atoms with Crippen molar-refractivity contribution in [2.24, 2.45) is 0 Å². The van der Waals surface area contributed by atoms with Gasteiger partial charge in [-0.3, -0.25) is 23.4 Å². The van der Waals surface area contributed by atoms with Crippen LogP contribution in [-0.4, -0.2) is 25.6 Å². The lowest BCUT2D eigenvalue weighted by atomic mass is 10.1. The van der Waals surface area contributed by atoms with E-state index in [0.717, 1.165) is 5.52 Å². The van der Waals surface area contributed by atoms with Gasteiger partial charge in [-0.2, -0.15) is 0 Å². The Morgan fingerprint density at radius 1 is 0.844 bits per heavy atom. The Labute approximate surface area is 182 Å². The summed E-state index contributed by atoms with van der Waals surface area (Å²) in [6, 6.07) is 22.7. The van der Waals surface area contributed by atoms with E-state index >= 15 is 0 Å². The number of ketones is 1. The first-order valence-corrected chi connectivity index (χ1v) is 10.0. The van der Waals surface area contributed by atoms with Gasteiger partial charge in [-0.15, -0.1) is 0 Å². The van der Waals surface area contributed by atoms with Gasteiger partial charge in [0, 0.05) is 16.8 Å². The molecular weight excluding hydrogens is 404 g/mol. The summed E-state index contributed by atoms with van der Waals surface area (Å²) in [5, 5.41) is 3.33. The molecule has 0 bridgehead atoms. The first-order valence-electron chi connectivity index (χ1n) is 10.0. The number of hydrogen-bond acceptors (Lipinski definition) is 4. The van der Waals surface area contributed by atoms with E-state index in [1.807, 2.05) is 18.2 Å². The maximum atomic E-state index is 13.0. The maximum absolute atomic E-state index is 13.0. The van der Waals surface area contributed by atoms with Crippen LogP contribution in [0.4, 0.5) is 5.69 Å². The number of hydrogen-bond donors (Lipinski definition) is 1. The van der Waals surface area contributed by atoms with Crippen LogP contribution < -0.4 is 10.9 Å². The molecule has 0 saturated heterocycles. The molecule has 2 aromatic heterocycles. The highest BCUT2D eigenvalue weighted by Gasteiger charge is 2.15. The topological polar surface area (TPSA) is 85.5 Å². The van der Waals surface area contributed by atoms with Gasteiger partial charge in [0.25, 0.3) is 11.5 Å².